The van der Waals surface area contributed by atoms with E-state index in [2.05, 4.69) is 11.1 Å². The van der Waals surface area contributed by atoms with E-state index < -0.39 is 133 Å². The van der Waals surface area contributed by atoms with Crippen LogP contribution in [0.4, 0.5) is 0 Å². The molecule has 0 unspecified atom stereocenters. The minimum absolute atomic E-state index is 0. The summed E-state index contributed by atoms with van der Waals surface area (Å²) < 4.78 is 208. The summed E-state index contributed by atoms with van der Waals surface area (Å²) in [7, 11) is 0. The number of imidazole rings is 1. The van der Waals surface area contributed by atoms with E-state index in [0.29, 0.717) is 4.40 Å². The zero-order chi connectivity index (χ0) is 39.1. The fourth-order valence-electron chi connectivity index (χ4n) is 2.45. The second-order valence-electron chi connectivity index (χ2n) is 5.47. The molecule has 0 spiro atoms. The Hall–Kier alpha value is -1.70. The van der Waals surface area contributed by atoms with Crippen LogP contribution in [-0.4, -0.2) is 9.38 Å². The number of fused-ring (bicyclic) bond motifs is 6. The Labute approximate surface area is 204 Å². The first-order chi connectivity index (χ1) is 22.1. The van der Waals surface area contributed by atoms with Gasteiger partial charge in [-0.05, 0) is 27.8 Å². The molecule has 0 aliphatic carbocycles. The predicted molar refractivity (Wildman–Crippen MR) is 106 cm³/mol. The maximum Gasteiger partial charge on any atom is 0.0846 e. The Bertz CT molecular complexity index is 1980. The molecule has 0 aliphatic rings. The standard InChI is InChI=1S/C23H25N2.Ir/c1-22(2,3)15-7-9-17-18(13-15)19-14-16(23(4,5)6)8-10-20(19)25-12-11-24-21(17)25;/h7-8,10-14H,1-6H3;/q-1;/i1D3,2D3,3D3,4D3,5D3,6D3,7D,8D,10D,11D,12D,13D,14D;. The van der Waals surface area contributed by atoms with Gasteiger partial charge in [0.1, 0.15) is 0 Å². The second-order valence-corrected chi connectivity index (χ2v) is 5.47. The third kappa shape index (κ3) is 2.98. The molecule has 26 heavy (non-hydrogen) atoms. The van der Waals surface area contributed by atoms with Gasteiger partial charge in [-0.2, -0.15) is 0 Å². The van der Waals surface area contributed by atoms with E-state index in [-0.39, 0.29) is 20.1 Å². The molecule has 2 aromatic heterocycles. The van der Waals surface area contributed by atoms with E-state index in [1.165, 1.54) is 0 Å². The fraction of sp³-hybridized carbons (Fsp3) is 0.348. The van der Waals surface area contributed by atoms with Crippen LogP contribution in [0.2, 0.25) is 0 Å². The number of rotatable bonds is 0. The van der Waals surface area contributed by atoms with E-state index in [1.54, 1.807) is 0 Å². The molecule has 0 atom stereocenters. The van der Waals surface area contributed by atoms with Crippen molar-refractivity contribution in [2.24, 2.45) is 0 Å². The van der Waals surface area contributed by atoms with Crippen molar-refractivity contribution >= 4 is 27.3 Å². The summed E-state index contributed by atoms with van der Waals surface area (Å²) in [5.74, 6) is 0. The first-order valence-electron chi connectivity index (χ1n) is 19.4. The molecule has 2 aromatic carbocycles. The van der Waals surface area contributed by atoms with Gasteiger partial charge in [-0.3, -0.25) is 4.98 Å². The molecule has 0 amide bonds. The maximum atomic E-state index is 9.18. The molecule has 2 heterocycles. The number of nitrogens with zero attached hydrogens (tertiary/aromatic N) is 2. The minimum Gasteiger partial charge on any atom is -0.340 e. The predicted octanol–water partition coefficient (Wildman–Crippen LogP) is 6.03. The Morgan fingerprint density at radius 3 is 2.42 bits per heavy atom. The Balaban J connectivity index is 0.00000702. The van der Waals surface area contributed by atoms with Gasteiger partial charge in [0.25, 0.3) is 0 Å². The molecule has 0 bridgehead atoms. The van der Waals surface area contributed by atoms with Crippen molar-refractivity contribution in [1.29, 1.82) is 0 Å². The molecular weight excluding hydrogens is 496 g/mol. The topological polar surface area (TPSA) is 17.3 Å². The van der Waals surface area contributed by atoms with Crippen LogP contribution in [0.3, 0.4) is 0 Å². The summed E-state index contributed by atoms with van der Waals surface area (Å²) in [6, 6.07) is -4.67. The molecule has 1 radical (unpaired) electrons. The molecule has 0 saturated heterocycles. The number of aromatic nitrogens is 2. The van der Waals surface area contributed by atoms with E-state index in [4.69, 9.17) is 32.9 Å². The monoisotopic (exact) mass is 547 g/mol. The summed E-state index contributed by atoms with van der Waals surface area (Å²) in [6.45, 7) is -24.4. The number of pyridine rings is 1. The normalized spacial score (nSPS) is 29.6. The van der Waals surface area contributed by atoms with Crippen LogP contribution in [0, 0.1) is 6.07 Å². The third-order valence-electron chi connectivity index (χ3n) is 3.59. The van der Waals surface area contributed by atoms with Gasteiger partial charge < -0.3 is 4.40 Å². The number of hydrogen-bond acceptors (Lipinski definition) is 1. The van der Waals surface area contributed by atoms with Crippen molar-refractivity contribution in [2.45, 2.75) is 51.9 Å². The van der Waals surface area contributed by atoms with Gasteiger partial charge in [-0.1, -0.05) is 58.6 Å². The van der Waals surface area contributed by atoms with Crippen LogP contribution in [0.15, 0.2) is 42.6 Å². The summed E-state index contributed by atoms with van der Waals surface area (Å²) in [5.41, 5.74) is -12.7. The van der Waals surface area contributed by atoms with Crippen molar-refractivity contribution in [2.75, 3.05) is 0 Å². The van der Waals surface area contributed by atoms with Crippen LogP contribution in [-0.2, 0) is 30.9 Å². The summed E-state index contributed by atoms with van der Waals surface area (Å²) in [5, 5.41) is -2.70. The van der Waals surface area contributed by atoms with Crippen LogP contribution >= 0.6 is 0 Å². The van der Waals surface area contributed by atoms with Crippen molar-refractivity contribution in [3.05, 3.63) is 59.8 Å². The SMILES string of the molecule is [2H]c1[c-]c2c(c([2H])c1C(C([2H])([2H])[2H])(C([2H])([2H])[2H])C([2H])([2H])[2H])c1c([2H])c(C(C([2H])([2H])[2H])(C([2H])([2H])[2H])C([2H])([2H])[2H])c([2H])c([2H])c1n1c([2H])c([2H])nc21.[Ir]. The second kappa shape index (κ2) is 6.18. The van der Waals surface area contributed by atoms with Gasteiger partial charge in [0, 0.05) is 65.4 Å². The molecule has 0 N–H and O–H groups in total. The Kier molecular flexibility index (Phi) is 1.19. The van der Waals surface area contributed by atoms with Crippen LogP contribution in [0.5, 0.6) is 0 Å². The number of benzene rings is 2. The Morgan fingerprint density at radius 2 is 1.69 bits per heavy atom. The van der Waals surface area contributed by atoms with Crippen LogP contribution < -0.4 is 0 Å². The first kappa shape index (κ1) is 5.01. The van der Waals surface area contributed by atoms with Crippen LogP contribution in [0.25, 0.3) is 27.3 Å². The maximum absolute atomic E-state index is 9.18. The van der Waals surface area contributed by atoms with E-state index in [1.807, 2.05) is 0 Å². The van der Waals surface area contributed by atoms with E-state index in [9.17, 15) is 1.37 Å². The summed E-state index contributed by atoms with van der Waals surface area (Å²) in [6.07, 6.45) is -1.74. The molecule has 0 aliphatic heterocycles. The first-order valence-corrected chi connectivity index (χ1v) is 6.87. The Morgan fingerprint density at radius 1 is 1.00 bits per heavy atom. The van der Waals surface area contributed by atoms with Crippen molar-refractivity contribution in [3.8, 4) is 0 Å². The van der Waals surface area contributed by atoms with Gasteiger partial charge in [0.15, 0.2) is 0 Å². The molecule has 0 saturated carbocycles. The van der Waals surface area contributed by atoms with Gasteiger partial charge in [-0.15, -0.1) is 29.1 Å². The molecule has 4 rings (SSSR count). The van der Waals surface area contributed by atoms with Gasteiger partial charge in [0.2, 0.25) is 0 Å². The van der Waals surface area contributed by atoms with Gasteiger partial charge >= 0.3 is 0 Å². The van der Waals surface area contributed by atoms with E-state index >= 15 is 0 Å². The van der Waals surface area contributed by atoms with Crippen molar-refractivity contribution in [1.82, 2.24) is 9.38 Å². The largest absolute Gasteiger partial charge is 0.340 e. The quantitative estimate of drug-likeness (QED) is 0.194. The van der Waals surface area contributed by atoms with Crippen LogP contribution in [0.1, 0.15) is 86.5 Å². The van der Waals surface area contributed by atoms with E-state index in [0.717, 1.165) is 0 Å². The smallest absolute Gasteiger partial charge is 0.0846 e. The van der Waals surface area contributed by atoms with Crippen molar-refractivity contribution in [3.63, 3.8) is 0 Å². The zero-order valence-electron chi connectivity index (χ0n) is 37.7. The fourth-order valence-corrected chi connectivity index (χ4v) is 2.45. The molecule has 3 heteroatoms. The summed E-state index contributed by atoms with van der Waals surface area (Å²) in [4.78, 5) is 3.84. The van der Waals surface area contributed by atoms with Gasteiger partial charge in [-0.25, -0.2) is 0 Å². The molecule has 2 nitrogen and oxygen atoms in total. The van der Waals surface area contributed by atoms with Gasteiger partial charge in [0.05, 0.1) is 12.5 Å². The van der Waals surface area contributed by atoms with Crippen molar-refractivity contribution < 1.29 is 54.4 Å². The zero-order valence-corrected chi connectivity index (χ0v) is 15.1. The minimum atomic E-state index is -4.10. The molecule has 0 fully saturated rings. The summed E-state index contributed by atoms with van der Waals surface area (Å²) >= 11 is 0. The average molecular weight is 547 g/mol. The average Bonchev–Trinajstić information content (AvgIpc) is 3.16. The number of hydrogen-bond donors (Lipinski definition) is 0. The molecule has 137 valence electrons. The third-order valence-corrected chi connectivity index (χ3v) is 3.59. The molecular formula is C23H25IrN2-. The molecule has 4 aromatic rings.